The van der Waals surface area contributed by atoms with E-state index in [9.17, 15) is 19.3 Å². The number of hydrogen-bond donors (Lipinski definition) is 1. The predicted molar refractivity (Wildman–Crippen MR) is 114 cm³/mol. The molecule has 1 aromatic heterocycles. The van der Waals surface area contributed by atoms with Gasteiger partial charge in [0, 0.05) is 18.3 Å². The minimum atomic E-state index is -0.619. The standard InChI is InChI=1S/C19H17ClFN5O4S/c1-2-25-17(10-30-14-6-3-12(21)4-7-14)23-24-19(25)31-11-18(27)22-13-5-8-15(20)16(9-13)26(28)29/h3-9H,2,10-11H2,1H3,(H,22,27). The zero-order valence-electron chi connectivity index (χ0n) is 16.2. The van der Waals surface area contributed by atoms with Crippen LogP contribution in [0.15, 0.2) is 47.6 Å². The Hall–Kier alpha value is -3.18. The van der Waals surface area contributed by atoms with Gasteiger partial charge in [-0.1, -0.05) is 23.4 Å². The number of thioether (sulfide) groups is 1. The molecule has 12 heteroatoms. The number of nitrogens with one attached hydrogen (secondary N) is 1. The molecule has 0 atom stereocenters. The summed E-state index contributed by atoms with van der Waals surface area (Å²) in [6.07, 6.45) is 0. The fourth-order valence-electron chi connectivity index (χ4n) is 2.59. The third kappa shape index (κ3) is 5.92. The summed E-state index contributed by atoms with van der Waals surface area (Å²) >= 11 is 6.94. The summed E-state index contributed by atoms with van der Waals surface area (Å²) in [5.74, 6) is 0.360. The van der Waals surface area contributed by atoms with Crippen molar-refractivity contribution in [3.05, 3.63) is 69.2 Å². The number of benzene rings is 2. The van der Waals surface area contributed by atoms with Crippen molar-refractivity contribution in [1.82, 2.24) is 14.8 Å². The zero-order valence-corrected chi connectivity index (χ0v) is 17.8. The largest absolute Gasteiger partial charge is 0.486 e. The Morgan fingerprint density at radius 3 is 2.71 bits per heavy atom. The van der Waals surface area contributed by atoms with Crippen LogP contribution in [0.25, 0.3) is 0 Å². The van der Waals surface area contributed by atoms with Crippen LogP contribution >= 0.6 is 23.4 Å². The highest BCUT2D eigenvalue weighted by atomic mass is 35.5. The van der Waals surface area contributed by atoms with E-state index in [0.29, 0.717) is 23.3 Å². The van der Waals surface area contributed by atoms with Gasteiger partial charge < -0.3 is 14.6 Å². The number of ether oxygens (including phenoxy) is 1. The van der Waals surface area contributed by atoms with E-state index in [0.717, 1.165) is 0 Å². The molecule has 162 valence electrons. The van der Waals surface area contributed by atoms with Crippen molar-refractivity contribution in [1.29, 1.82) is 0 Å². The first kappa shape index (κ1) is 22.5. The fourth-order valence-corrected chi connectivity index (χ4v) is 3.59. The Morgan fingerprint density at radius 1 is 1.29 bits per heavy atom. The molecule has 3 aromatic rings. The van der Waals surface area contributed by atoms with Crippen molar-refractivity contribution in [2.75, 3.05) is 11.1 Å². The molecule has 0 saturated carbocycles. The minimum absolute atomic E-state index is 0.0104. The van der Waals surface area contributed by atoms with Gasteiger partial charge in [-0.05, 0) is 43.3 Å². The van der Waals surface area contributed by atoms with Crippen LogP contribution in [-0.4, -0.2) is 31.3 Å². The molecule has 1 heterocycles. The first-order chi connectivity index (χ1) is 14.9. The Balaban J connectivity index is 1.58. The zero-order chi connectivity index (χ0) is 22.4. The quantitative estimate of drug-likeness (QED) is 0.284. The van der Waals surface area contributed by atoms with E-state index in [-0.39, 0.29) is 40.5 Å². The summed E-state index contributed by atoms with van der Waals surface area (Å²) in [5, 5.41) is 22.3. The highest BCUT2D eigenvalue weighted by molar-refractivity contribution is 7.99. The Kier molecular flexibility index (Phi) is 7.42. The summed E-state index contributed by atoms with van der Waals surface area (Å²) < 4.78 is 20.4. The number of nitro groups is 1. The van der Waals surface area contributed by atoms with E-state index in [1.807, 2.05) is 6.92 Å². The maximum Gasteiger partial charge on any atom is 0.289 e. The topological polar surface area (TPSA) is 112 Å². The molecule has 3 rings (SSSR count). The average molecular weight is 466 g/mol. The van der Waals surface area contributed by atoms with Crippen LogP contribution in [0.4, 0.5) is 15.8 Å². The van der Waals surface area contributed by atoms with Crippen LogP contribution in [0.1, 0.15) is 12.7 Å². The van der Waals surface area contributed by atoms with Gasteiger partial charge in [0.15, 0.2) is 11.0 Å². The van der Waals surface area contributed by atoms with Gasteiger partial charge in [0.05, 0.1) is 10.7 Å². The lowest BCUT2D eigenvalue weighted by atomic mass is 10.3. The van der Waals surface area contributed by atoms with Crippen LogP contribution in [0, 0.1) is 15.9 Å². The second kappa shape index (κ2) is 10.2. The van der Waals surface area contributed by atoms with Crippen LogP contribution in [-0.2, 0) is 17.9 Å². The molecular weight excluding hydrogens is 449 g/mol. The molecule has 0 spiro atoms. The maximum atomic E-state index is 13.0. The minimum Gasteiger partial charge on any atom is -0.486 e. The van der Waals surface area contributed by atoms with Gasteiger partial charge in [-0.15, -0.1) is 10.2 Å². The van der Waals surface area contributed by atoms with E-state index in [1.54, 1.807) is 4.57 Å². The molecular formula is C19H17ClFN5O4S. The van der Waals surface area contributed by atoms with Crippen LogP contribution in [0.3, 0.4) is 0 Å². The number of carbonyl (C=O) groups is 1. The summed E-state index contributed by atoms with van der Waals surface area (Å²) in [5.41, 5.74) is -0.0179. The van der Waals surface area contributed by atoms with Gasteiger partial charge in [0.25, 0.3) is 5.69 Å². The van der Waals surface area contributed by atoms with Gasteiger partial charge >= 0.3 is 0 Å². The second-order valence-corrected chi connectivity index (χ2v) is 7.50. The molecule has 0 fully saturated rings. The number of halogens is 2. The molecule has 0 aliphatic heterocycles. The molecule has 2 aromatic carbocycles. The van der Waals surface area contributed by atoms with Crippen molar-refractivity contribution in [2.24, 2.45) is 0 Å². The fraction of sp³-hybridized carbons (Fsp3) is 0.211. The molecule has 31 heavy (non-hydrogen) atoms. The molecule has 0 aliphatic carbocycles. The number of rotatable bonds is 9. The van der Waals surface area contributed by atoms with E-state index >= 15 is 0 Å². The van der Waals surface area contributed by atoms with Crippen LogP contribution in [0.5, 0.6) is 5.75 Å². The predicted octanol–water partition coefficient (Wildman–Crippen LogP) is 4.31. The Morgan fingerprint density at radius 2 is 2.03 bits per heavy atom. The molecule has 0 saturated heterocycles. The number of nitro benzene ring substituents is 1. The summed E-state index contributed by atoms with van der Waals surface area (Å²) in [6.45, 7) is 2.60. The van der Waals surface area contributed by atoms with Crippen molar-refractivity contribution >= 4 is 40.6 Å². The van der Waals surface area contributed by atoms with Crippen molar-refractivity contribution in [3.8, 4) is 5.75 Å². The normalized spacial score (nSPS) is 10.7. The average Bonchev–Trinajstić information content (AvgIpc) is 3.15. The van der Waals surface area contributed by atoms with Crippen molar-refractivity contribution < 1.29 is 18.8 Å². The van der Waals surface area contributed by atoms with Crippen LogP contribution < -0.4 is 10.1 Å². The Bertz CT molecular complexity index is 1090. The SMILES string of the molecule is CCn1c(COc2ccc(F)cc2)nnc1SCC(=O)Nc1ccc(Cl)c([N+](=O)[O-])c1. The van der Waals surface area contributed by atoms with E-state index < -0.39 is 4.92 Å². The van der Waals surface area contributed by atoms with Crippen LogP contribution in [0.2, 0.25) is 5.02 Å². The van der Waals surface area contributed by atoms with Crippen molar-refractivity contribution in [3.63, 3.8) is 0 Å². The number of aromatic nitrogens is 3. The lowest BCUT2D eigenvalue weighted by Crippen LogP contribution is -2.15. The van der Waals surface area contributed by atoms with Gasteiger partial charge in [-0.2, -0.15) is 0 Å². The third-order valence-corrected chi connectivity index (χ3v) is 5.34. The third-order valence-electron chi connectivity index (χ3n) is 4.05. The van der Waals surface area contributed by atoms with E-state index in [1.165, 1.54) is 54.2 Å². The molecule has 0 unspecified atom stereocenters. The number of hydrogen-bond acceptors (Lipinski definition) is 7. The molecule has 1 N–H and O–H groups in total. The van der Waals surface area contributed by atoms with Crippen molar-refractivity contribution in [2.45, 2.75) is 25.2 Å². The van der Waals surface area contributed by atoms with E-state index in [2.05, 4.69) is 15.5 Å². The molecule has 0 bridgehead atoms. The first-order valence-electron chi connectivity index (χ1n) is 9.04. The van der Waals surface area contributed by atoms with Gasteiger partial charge in [0.2, 0.25) is 5.91 Å². The smallest absolute Gasteiger partial charge is 0.289 e. The summed E-state index contributed by atoms with van der Waals surface area (Å²) in [4.78, 5) is 22.6. The second-order valence-electron chi connectivity index (χ2n) is 6.15. The number of anilines is 1. The lowest BCUT2D eigenvalue weighted by Gasteiger charge is -2.09. The first-order valence-corrected chi connectivity index (χ1v) is 10.4. The van der Waals surface area contributed by atoms with Gasteiger partial charge in [-0.3, -0.25) is 14.9 Å². The molecule has 0 aliphatic rings. The highest BCUT2D eigenvalue weighted by Gasteiger charge is 2.16. The van der Waals surface area contributed by atoms with Gasteiger partial charge in [0.1, 0.15) is 23.2 Å². The number of amides is 1. The molecule has 9 nitrogen and oxygen atoms in total. The molecule has 0 radical (unpaired) electrons. The maximum absolute atomic E-state index is 13.0. The number of nitrogens with zero attached hydrogens (tertiary/aromatic N) is 4. The van der Waals surface area contributed by atoms with Gasteiger partial charge in [-0.25, -0.2) is 4.39 Å². The summed E-state index contributed by atoms with van der Waals surface area (Å²) in [7, 11) is 0. The van der Waals surface area contributed by atoms with E-state index in [4.69, 9.17) is 16.3 Å². The molecule has 1 amide bonds. The Labute approximate surface area is 185 Å². The highest BCUT2D eigenvalue weighted by Crippen LogP contribution is 2.27. The summed E-state index contributed by atoms with van der Waals surface area (Å²) in [6, 6.07) is 9.67. The number of carbonyl (C=O) groups excluding carboxylic acids is 1. The monoisotopic (exact) mass is 465 g/mol. The lowest BCUT2D eigenvalue weighted by molar-refractivity contribution is -0.384.